The van der Waals surface area contributed by atoms with E-state index in [1.807, 2.05) is 0 Å². The van der Waals surface area contributed by atoms with E-state index in [9.17, 15) is 14.0 Å². The SMILES string of the molecule is COc1cc(N2C(=O)c3ccccc3C2=O)ccc1F. The van der Waals surface area contributed by atoms with Gasteiger partial charge in [-0.3, -0.25) is 9.59 Å². The summed E-state index contributed by atoms with van der Waals surface area (Å²) >= 11 is 0. The molecule has 2 aromatic rings. The number of fused-ring (bicyclic) bond motifs is 1. The average Bonchev–Trinajstić information content (AvgIpc) is 2.72. The Morgan fingerprint density at radius 1 is 1.00 bits per heavy atom. The van der Waals surface area contributed by atoms with Crippen molar-refractivity contribution < 1.29 is 18.7 Å². The second-order valence-corrected chi connectivity index (χ2v) is 4.31. The molecular formula is C15H10FNO3. The van der Waals surface area contributed by atoms with Gasteiger partial charge in [-0.15, -0.1) is 0 Å². The van der Waals surface area contributed by atoms with Crippen molar-refractivity contribution >= 4 is 17.5 Å². The molecule has 0 aromatic heterocycles. The van der Waals surface area contributed by atoms with E-state index < -0.39 is 17.6 Å². The van der Waals surface area contributed by atoms with Crippen LogP contribution < -0.4 is 9.64 Å². The fourth-order valence-corrected chi connectivity index (χ4v) is 2.21. The maximum absolute atomic E-state index is 13.4. The van der Waals surface area contributed by atoms with Crippen LogP contribution in [-0.2, 0) is 0 Å². The quantitative estimate of drug-likeness (QED) is 0.789. The topological polar surface area (TPSA) is 46.6 Å². The van der Waals surface area contributed by atoms with Crippen molar-refractivity contribution in [2.24, 2.45) is 0 Å². The Balaban J connectivity index is 2.09. The fourth-order valence-electron chi connectivity index (χ4n) is 2.21. The fraction of sp³-hybridized carbons (Fsp3) is 0.0667. The van der Waals surface area contributed by atoms with Crippen LogP contribution in [0.5, 0.6) is 5.75 Å². The highest BCUT2D eigenvalue weighted by Gasteiger charge is 2.36. The Morgan fingerprint density at radius 3 is 2.15 bits per heavy atom. The lowest BCUT2D eigenvalue weighted by Crippen LogP contribution is -2.29. The highest BCUT2D eigenvalue weighted by Crippen LogP contribution is 2.31. The molecule has 2 amide bonds. The molecule has 0 bridgehead atoms. The number of amides is 2. The highest BCUT2D eigenvalue weighted by molar-refractivity contribution is 6.34. The number of halogens is 1. The van der Waals surface area contributed by atoms with Crippen LogP contribution in [0, 0.1) is 5.82 Å². The molecule has 0 atom stereocenters. The van der Waals surface area contributed by atoms with Gasteiger partial charge in [-0.25, -0.2) is 9.29 Å². The molecule has 20 heavy (non-hydrogen) atoms. The van der Waals surface area contributed by atoms with Gasteiger partial charge in [0.25, 0.3) is 11.8 Å². The van der Waals surface area contributed by atoms with Gasteiger partial charge in [-0.1, -0.05) is 12.1 Å². The average molecular weight is 271 g/mol. The van der Waals surface area contributed by atoms with E-state index in [1.54, 1.807) is 24.3 Å². The Morgan fingerprint density at radius 2 is 1.60 bits per heavy atom. The molecule has 2 aromatic carbocycles. The van der Waals surface area contributed by atoms with E-state index in [0.29, 0.717) is 11.1 Å². The summed E-state index contributed by atoms with van der Waals surface area (Å²) in [6.07, 6.45) is 0. The van der Waals surface area contributed by atoms with Crippen molar-refractivity contribution in [3.63, 3.8) is 0 Å². The Hall–Kier alpha value is -2.69. The van der Waals surface area contributed by atoms with Crippen molar-refractivity contribution in [3.05, 3.63) is 59.4 Å². The van der Waals surface area contributed by atoms with E-state index >= 15 is 0 Å². The molecule has 4 nitrogen and oxygen atoms in total. The zero-order valence-electron chi connectivity index (χ0n) is 10.6. The molecule has 0 radical (unpaired) electrons. The molecule has 0 aliphatic carbocycles. The van der Waals surface area contributed by atoms with Crippen LogP contribution in [0.1, 0.15) is 20.7 Å². The molecule has 3 rings (SSSR count). The molecule has 1 aliphatic rings. The van der Waals surface area contributed by atoms with Crippen molar-refractivity contribution in [3.8, 4) is 5.75 Å². The number of nitrogens with zero attached hydrogens (tertiary/aromatic N) is 1. The summed E-state index contributed by atoms with van der Waals surface area (Å²) in [6, 6.07) is 10.4. The number of imide groups is 1. The molecule has 0 saturated carbocycles. The monoisotopic (exact) mass is 271 g/mol. The molecule has 0 N–H and O–H groups in total. The zero-order chi connectivity index (χ0) is 14.3. The van der Waals surface area contributed by atoms with Crippen LogP contribution in [0.2, 0.25) is 0 Å². The van der Waals surface area contributed by atoms with Gasteiger partial charge in [0.05, 0.1) is 23.9 Å². The summed E-state index contributed by atoms with van der Waals surface area (Å²) in [5.41, 5.74) is 0.982. The van der Waals surface area contributed by atoms with Crippen LogP contribution in [0.3, 0.4) is 0 Å². The van der Waals surface area contributed by atoms with Gasteiger partial charge >= 0.3 is 0 Å². The van der Waals surface area contributed by atoms with Crippen LogP contribution in [0.4, 0.5) is 10.1 Å². The van der Waals surface area contributed by atoms with Crippen molar-refractivity contribution in [1.82, 2.24) is 0 Å². The lowest BCUT2D eigenvalue weighted by molar-refractivity contribution is 0.0926. The molecule has 100 valence electrons. The van der Waals surface area contributed by atoms with Crippen molar-refractivity contribution in [2.75, 3.05) is 12.0 Å². The molecule has 1 heterocycles. The van der Waals surface area contributed by atoms with Crippen LogP contribution in [0.15, 0.2) is 42.5 Å². The summed E-state index contributed by atoms with van der Waals surface area (Å²) in [5, 5.41) is 0. The first-order valence-corrected chi connectivity index (χ1v) is 5.95. The number of carbonyl (C=O) groups excluding carboxylic acids is 2. The smallest absolute Gasteiger partial charge is 0.266 e. The van der Waals surface area contributed by atoms with Crippen LogP contribution >= 0.6 is 0 Å². The number of benzene rings is 2. The molecule has 0 unspecified atom stereocenters. The standard InChI is InChI=1S/C15H10FNO3/c1-20-13-8-9(6-7-12(13)16)17-14(18)10-4-2-3-5-11(10)15(17)19/h2-8H,1H3. The zero-order valence-corrected chi connectivity index (χ0v) is 10.6. The van der Waals surface area contributed by atoms with Crippen molar-refractivity contribution in [2.45, 2.75) is 0 Å². The third-order valence-corrected chi connectivity index (χ3v) is 3.19. The normalized spacial score (nSPS) is 13.6. The van der Waals surface area contributed by atoms with E-state index in [-0.39, 0.29) is 11.4 Å². The van der Waals surface area contributed by atoms with E-state index in [4.69, 9.17) is 4.74 Å². The van der Waals surface area contributed by atoms with Crippen LogP contribution in [-0.4, -0.2) is 18.9 Å². The van der Waals surface area contributed by atoms with Crippen molar-refractivity contribution in [1.29, 1.82) is 0 Å². The minimum atomic E-state index is -0.548. The number of methoxy groups -OCH3 is 1. The Labute approximate surface area is 114 Å². The summed E-state index contributed by atoms with van der Waals surface area (Å²) < 4.78 is 18.3. The van der Waals surface area contributed by atoms with Gasteiger partial charge in [0.1, 0.15) is 0 Å². The van der Waals surface area contributed by atoms with Gasteiger partial charge < -0.3 is 4.74 Å². The van der Waals surface area contributed by atoms with E-state index in [2.05, 4.69) is 0 Å². The molecule has 0 fully saturated rings. The summed E-state index contributed by atoms with van der Waals surface area (Å²) in [5.74, 6) is -1.40. The van der Waals surface area contributed by atoms with Gasteiger partial charge in [-0.2, -0.15) is 0 Å². The number of anilines is 1. The second-order valence-electron chi connectivity index (χ2n) is 4.31. The minimum absolute atomic E-state index is 0.0148. The number of rotatable bonds is 2. The third-order valence-electron chi connectivity index (χ3n) is 3.19. The first kappa shape index (κ1) is 12.3. The van der Waals surface area contributed by atoms with Gasteiger partial charge in [0.15, 0.2) is 11.6 Å². The summed E-state index contributed by atoms with van der Waals surface area (Å²) in [6.45, 7) is 0. The lowest BCUT2D eigenvalue weighted by Gasteiger charge is -2.15. The summed E-state index contributed by atoms with van der Waals surface area (Å²) in [4.78, 5) is 25.5. The third kappa shape index (κ3) is 1.67. The molecule has 5 heteroatoms. The van der Waals surface area contributed by atoms with E-state index in [0.717, 1.165) is 11.0 Å². The first-order valence-electron chi connectivity index (χ1n) is 5.95. The molecule has 0 spiro atoms. The highest BCUT2D eigenvalue weighted by atomic mass is 19.1. The van der Waals surface area contributed by atoms with E-state index in [1.165, 1.54) is 19.2 Å². The predicted octanol–water partition coefficient (Wildman–Crippen LogP) is 2.63. The first-order chi connectivity index (χ1) is 9.63. The maximum atomic E-state index is 13.4. The number of hydrogen-bond acceptors (Lipinski definition) is 3. The lowest BCUT2D eigenvalue weighted by atomic mass is 10.1. The summed E-state index contributed by atoms with van der Waals surface area (Å²) in [7, 11) is 1.32. The number of carbonyl (C=O) groups is 2. The minimum Gasteiger partial charge on any atom is -0.494 e. The van der Waals surface area contributed by atoms with Gasteiger partial charge in [-0.05, 0) is 24.3 Å². The Kier molecular flexibility index (Phi) is 2.75. The van der Waals surface area contributed by atoms with Crippen LogP contribution in [0.25, 0.3) is 0 Å². The predicted molar refractivity (Wildman–Crippen MR) is 70.5 cm³/mol. The molecular weight excluding hydrogens is 261 g/mol. The van der Waals surface area contributed by atoms with Gasteiger partial charge in [0.2, 0.25) is 0 Å². The number of ether oxygens (including phenoxy) is 1. The second kappa shape index (κ2) is 4.45. The maximum Gasteiger partial charge on any atom is 0.266 e. The number of hydrogen-bond donors (Lipinski definition) is 0. The van der Waals surface area contributed by atoms with Gasteiger partial charge in [0, 0.05) is 6.07 Å². The molecule has 0 saturated heterocycles. The molecule has 1 aliphatic heterocycles. The largest absolute Gasteiger partial charge is 0.494 e. The Bertz CT molecular complexity index is 692.